The highest BCUT2D eigenvalue weighted by Gasteiger charge is 2.11. The van der Waals surface area contributed by atoms with Gasteiger partial charge in [-0.3, -0.25) is 19.7 Å². The SMILES string of the molecule is CN(Cc1cnn(-c2ccccc2)c1)Cn1ncc2cc([N+](=O)[O-])ccc21. The van der Waals surface area contributed by atoms with E-state index in [1.165, 1.54) is 6.07 Å². The second-order valence-electron chi connectivity index (χ2n) is 6.43. The van der Waals surface area contributed by atoms with Gasteiger partial charge < -0.3 is 0 Å². The number of rotatable bonds is 6. The average molecular weight is 362 g/mol. The first-order valence-corrected chi connectivity index (χ1v) is 8.47. The summed E-state index contributed by atoms with van der Waals surface area (Å²) in [5.74, 6) is 0. The number of hydrogen-bond acceptors (Lipinski definition) is 5. The molecule has 4 aromatic rings. The first-order chi connectivity index (χ1) is 13.1. The minimum absolute atomic E-state index is 0.0729. The molecule has 2 aromatic carbocycles. The van der Waals surface area contributed by atoms with E-state index in [1.54, 1.807) is 18.3 Å². The zero-order valence-corrected chi connectivity index (χ0v) is 14.8. The lowest BCUT2D eigenvalue weighted by molar-refractivity contribution is -0.384. The Morgan fingerprint density at radius 1 is 1.11 bits per heavy atom. The number of non-ortho nitro benzene ring substituents is 1. The van der Waals surface area contributed by atoms with Crippen LogP contribution in [0, 0.1) is 10.1 Å². The van der Waals surface area contributed by atoms with E-state index < -0.39 is 4.92 Å². The van der Waals surface area contributed by atoms with Crippen LogP contribution in [-0.2, 0) is 13.2 Å². The Bertz CT molecular complexity index is 1090. The van der Waals surface area contributed by atoms with E-state index in [0.717, 1.165) is 22.2 Å². The quantitative estimate of drug-likeness (QED) is 0.388. The summed E-state index contributed by atoms with van der Waals surface area (Å²) in [6.07, 6.45) is 5.52. The van der Waals surface area contributed by atoms with Crippen LogP contribution >= 0.6 is 0 Å². The molecule has 0 aliphatic carbocycles. The number of para-hydroxylation sites is 1. The molecule has 136 valence electrons. The van der Waals surface area contributed by atoms with Crippen LogP contribution < -0.4 is 0 Å². The summed E-state index contributed by atoms with van der Waals surface area (Å²) in [5, 5.41) is 20.4. The molecule has 0 bridgehead atoms. The second-order valence-corrected chi connectivity index (χ2v) is 6.43. The summed E-state index contributed by atoms with van der Waals surface area (Å²) < 4.78 is 3.69. The van der Waals surface area contributed by atoms with Crippen LogP contribution in [0.2, 0.25) is 0 Å². The third-order valence-corrected chi connectivity index (χ3v) is 4.32. The van der Waals surface area contributed by atoms with Gasteiger partial charge in [-0.25, -0.2) is 4.68 Å². The van der Waals surface area contributed by atoms with E-state index in [1.807, 2.05) is 59.1 Å². The van der Waals surface area contributed by atoms with E-state index in [0.29, 0.717) is 13.2 Å². The van der Waals surface area contributed by atoms with Gasteiger partial charge in [-0.15, -0.1) is 0 Å². The van der Waals surface area contributed by atoms with Gasteiger partial charge in [-0.2, -0.15) is 10.2 Å². The minimum Gasteiger partial charge on any atom is -0.283 e. The Hall–Kier alpha value is -3.52. The van der Waals surface area contributed by atoms with E-state index in [4.69, 9.17) is 0 Å². The summed E-state index contributed by atoms with van der Waals surface area (Å²) in [6.45, 7) is 1.28. The molecule has 0 aliphatic heterocycles. The molecule has 0 unspecified atom stereocenters. The summed E-state index contributed by atoms with van der Waals surface area (Å²) >= 11 is 0. The molecular weight excluding hydrogens is 344 g/mol. The maximum atomic E-state index is 10.9. The van der Waals surface area contributed by atoms with Crippen molar-refractivity contribution in [2.45, 2.75) is 13.2 Å². The minimum atomic E-state index is -0.396. The van der Waals surface area contributed by atoms with Crippen LogP contribution in [0.5, 0.6) is 0 Å². The molecule has 0 spiro atoms. The van der Waals surface area contributed by atoms with E-state index >= 15 is 0 Å². The van der Waals surface area contributed by atoms with Gasteiger partial charge in [0.15, 0.2) is 0 Å². The van der Waals surface area contributed by atoms with Gasteiger partial charge in [-0.05, 0) is 25.2 Å². The van der Waals surface area contributed by atoms with Crippen molar-refractivity contribution in [3.8, 4) is 5.69 Å². The van der Waals surface area contributed by atoms with Crippen LogP contribution in [0.3, 0.4) is 0 Å². The van der Waals surface area contributed by atoms with Crippen molar-refractivity contribution < 1.29 is 4.92 Å². The molecule has 27 heavy (non-hydrogen) atoms. The lowest BCUT2D eigenvalue weighted by Crippen LogP contribution is -2.22. The zero-order chi connectivity index (χ0) is 18.8. The van der Waals surface area contributed by atoms with E-state index in [2.05, 4.69) is 15.1 Å². The van der Waals surface area contributed by atoms with Crippen molar-refractivity contribution >= 4 is 16.6 Å². The van der Waals surface area contributed by atoms with Gasteiger partial charge in [-0.1, -0.05) is 18.2 Å². The summed E-state index contributed by atoms with van der Waals surface area (Å²) in [4.78, 5) is 12.6. The smallest absolute Gasteiger partial charge is 0.270 e. The summed E-state index contributed by atoms with van der Waals surface area (Å²) in [6, 6.07) is 14.7. The fraction of sp³-hybridized carbons (Fsp3) is 0.158. The molecule has 0 amide bonds. The van der Waals surface area contributed by atoms with Crippen LogP contribution in [0.15, 0.2) is 67.1 Å². The molecule has 0 N–H and O–H groups in total. The first-order valence-electron chi connectivity index (χ1n) is 8.47. The summed E-state index contributed by atoms with van der Waals surface area (Å²) in [7, 11) is 2.00. The number of benzene rings is 2. The van der Waals surface area contributed by atoms with Crippen molar-refractivity contribution in [2.24, 2.45) is 0 Å². The molecule has 4 rings (SSSR count). The fourth-order valence-electron chi connectivity index (χ4n) is 3.05. The second kappa shape index (κ2) is 7.00. The zero-order valence-electron chi connectivity index (χ0n) is 14.8. The molecule has 0 fully saturated rings. The average Bonchev–Trinajstić information content (AvgIpc) is 3.29. The lowest BCUT2D eigenvalue weighted by atomic mass is 10.2. The maximum absolute atomic E-state index is 10.9. The highest BCUT2D eigenvalue weighted by molar-refractivity contribution is 5.81. The molecule has 0 aliphatic rings. The van der Waals surface area contributed by atoms with Gasteiger partial charge in [0.05, 0.1) is 35.2 Å². The first kappa shape index (κ1) is 16.9. The topological polar surface area (TPSA) is 82.0 Å². The van der Waals surface area contributed by atoms with Crippen molar-refractivity contribution in [1.29, 1.82) is 0 Å². The van der Waals surface area contributed by atoms with Crippen LogP contribution in [-0.4, -0.2) is 36.4 Å². The Labute approximate surface area is 155 Å². The molecular formula is C19H18N6O2. The molecule has 0 atom stereocenters. The normalized spacial score (nSPS) is 11.3. The molecule has 8 nitrogen and oxygen atoms in total. The predicted octanol–water partition coefficient (Wildman–Crippen LogP) is 3.22. The van der Waals surface area contributed by atoms with Crippen molar-refractivity contribution in [3.63, 3.8) is 0 Å². The maximum Gasteiger partial charge on any atom is 0.270 e. The monoisotopic (exact) mass is 362 g/mol. The van der Waals surface area contributed by atoms with Gasteiger partial charge in [0.25, 0.3) is 5.69 Å². The molecule has 2 aromatic heterocycles. The highest BCUT2D eigenvalue weighted by atomic mass is 16.6. The van der Waals surface area contributed by atoms with Gasteiger partial charge in [0, 0.05) is 35.8 Å². The largest absolute Gasteiger partial charge is 0.283 e. The van der Waals surface area contributed by atoms with Gasteiger partial charge in [0.1, 0.15) is 0 Å². The van der Waals surface area contributed by atoms with Gasteiger partial charge >= 0.3 is 0 Å². The molecule has 8 heteroatoms. The molecule has 0 saturated carbocycles. The predicted molar refractivity (Wildman–Crippen MR) is 101 cm³/mol. The van der Waals surface area contributed by atoms with Gasteiger partial charge in [0.2, 0.25) is 0 Å². The Balaban J connectivity index is 1.47. The molecule has 2 heterocycles. The number of nitrogens with zero attached hydrogens (tertiary/aromatic N) is 6. The van der Waals surface area contributed by atoms with Crippen LogP contribution in [0.4, 0.5) is 5.69 Å². The number of aromatic nitrogens is 4. The third-order valence-electron chi connectivity index (χ3n) is 4.32. The molecule has 0 saturated heterocycles. The number of fused-ring (bicyclic) bond motifs is 1. The van der Waals surface area contributed by atoms with Crippen LogP contribution in [0.25, 0.3) is 16.6 Å². The summed E-state index contributed by atoms with van der Waals surface area (Å²) in [5.41, 5.74) is 3.05. The number of hydrogen-bond donors (Lipinski definition) is 0. The van der Waals surface area contributed by atoms with E-state index in [9.17, 15) is 10.1 Å². The van der Waals surface area contributed by atoms with Crippen molar-refractivity contribution in [1.82, 2.24) is 24.5 Å². The third kappa shape index (κ3) is 3.56. The molecule has 0 radical (unpaired) electrons. The highest BCUT2D eigenvalue weighted by Crippen LogP contribution is 2.21. The number of nitro benzene ring substituents is 1. The number of nitro groups is 1. The van der Waals surface area contributed by atoms with E-state index in [-0.39, 0.29) is 5.69 Å². The standard InChI is InChI=1S/C19H18N6O2/c1-22(12-15-10-20-23(13-15)17-5-3-2-4-6-17)14-24-19-8-7-18(25(26)27)9-16(19)11-21-24/h2-11,13H,12,14H2,1H3. The van der Waals surface area contributed by atoms with Crippen molar-refractivity contribution in [2.75, 3.05) is 7.05 Å². The lowest BCUT2D eigenvalue weighted by Gasteiger charge is -2.16. The van der Waals surface area contributed by atoms with Crippen molar-refractivity contribution in [3.05, 3.63) is 82.8 Å². The Morgan fingerprint density at radius 3 is 2.70 bits per heavy atom. The fourth-order valence-corrected chi connectivity index (χ4v) is 3.05. The van der Waals surface area contributed by atoms with Crippen LogP contribution in [0.1, 0.15) is 5.56 Å². The Morgan fingerprint density at radius 2 is 1.93 bits per heavy atom. The Kier molecular flexibility index (Phi) is 4.39.